The zero-order valence-corrected chi connectivity index (χ0v) is 12.5. The van der Waals surface area contributed by atoms with Crippen LogP contribution in [0.25, 0.3) is 0 Å². The van der Waals surface area contributed by atoms with Gasteiger partial charge in [-0.2, -0.15) is 0 Å². The van der Waals surface area contributed by atoms with E-state index in [1.807, 2.05) is 49.4 Å². The summed E-state index contributed by atoms with van der Waals surface area (Å²) >= 11 is 7.65. The maximum Gasteiger partial charge on any atom is 0.124 e. The van der Waals surface area contributed by atoms with Gasteiger partial charge in [0.2, 0.25) is 0 Å². The molecule has 4 heteroatoms. The lowest BCUT2D eigenvalue weighted by Gasteiger charge is -2.16. The number of halogens is 1. The molecule has 100 valence electrons. The van der Waals surface area contributed by atoms with E-state index in [-0.39, 0.29) is 6.04 Å². The van der Waals surface area contributed by atoms with Crippen molar-refractivity contribution in [1.82, 2.24) is 0 Å². The van der Waals surface area contributed by atoms with E-state index < -0.39 is 0 Å². The quantitative estimate of drug-likeness (QED) is 0.900. The summed E-state index contributed by atoms with van der Waals surface area (Å²) in [4.78, 5) is 2.18. The Bertz CT molecular complexity index is 572. The Hall–Kier alpha value is -1.16. The summed E-state index contributed by atoms with van der Waals surface area (Å²) in [5.74, 6) is 0.821. The largest absolute Gasteiger partial charge is 0.496 e. The smallest absolute Gasteiger partial charge is 0.124 e. The maximum absolute atomic E-state index is 6.06. The van der Waals surface area contributed by atoms with Crippen LogP contribution in [0, 0.1) is 0 Å². The summed E-state index contributed by atoms with van der Waals surface area (Å²) in [6, 6.07) is 13.6. The Balaban J connectivity index is 2.39. The zero-order valence-electron chi connectivity index (χ0n) is 10.9. The molecule has 0 amide bonds. The Kier molecular flexibility index (Phi) is 4.75. The Labute approximate surface area is 122 Å². The normalized spacial score (nSPS) is 12.2. The second-order valence-corrected chi connectivity index (χ2v) is 5.77. The highest BCUT2D eigenvalue weighted by molar-refractivity contribution is 7.99. The number of hydrogen-bond acceptors (Lipinski definition) is 3. The third-order valence-corrected chi connectivity index (χ3v) is 4.03. The monoisotopic (exact) mass is 293 g/mol. The van der Waals surface area contributed by atoms with E-state index in [1.54, 1.807) is 18.9 Å². The minimum Gasteiger partial charge on any atom is -0.496 e. The first kappa shape index (κ1) is 14.3. The van der Waals surface area contributed by atoms with Crippen molar-refractivity contribution in [3.8, 4) is 5.75 Å². The van der Waals surface area contributed by atoms with Crippen LogP contribution in [-0.4, -0.2) is 7.11 Å². The molecule has 0 spiro atoms. The van der Waals surface area contributed by atoms with Crippen molar-refractivity contribution < 1.29 is 4.74 Å². The molecule has 1 atom stereocenters. The lowest BCUT2D eigenvalue weighted by molar-refractivity contribution is 0.405. The molecule has 0 aliphatic heterocycles. The minimum absolute atomic E-state index is 0.0853. The van der Waals surface area contributed by atoms with Crippen LogP contribution in [0.1, 0.15) is 18.5 Å². The standard InChI is InChI=1S/C15H16ClNOS/c1-10(17)15-13(18-2)7-4-8-14(15)19-12-6-3-5-11(16)9-12/h3-10H,17H2,1-2H3/t10-/m0/s1. The second kappa shape index (κ2) is 6.33. The van der Waals surface area contributed by atoms with E-state index in [0.29, 0.717) is 0 Å². The third-order valence-electron chi connectivity index (χ3n) is 2.73. The maximum atomic E-state index is 6.06. The van der Waals surface area contributed by atoms with Gasteiger partial charge in [0.05, 0.1) is 7.11 Å². The third kappa shape index (κ3) is 3.44. The number of nitrogens with two attached hydrogens (primary N) is 1. The Morgan fingerprint density at radius 1 is 1.21 bits per heavy atom. The molecule has 19 heavy (non-hydrogen) atoms. The molecule has 2 aromatic carbocycles. The van der Waals surface area contributed by atoms with Crippen LogP contribution in [0.5, 0.6) is 5.75 Å². The highest BCUT2D eigenvalue weighted by atomic mass is 35.5. The predicted octanol–water partition coefficient (Wildman–Crippen LogP) is 4.52. The fourth-order valence-corrected chi connectivity index (χ4v) is 3.28. The van der Waals surface area contributed by atoms with Crippen LogP contribution in [0.15, 0.2) is 52.3 Å². The van der Waals surface area contributed by atoms with Crippen molar-refractivity contribution in [2.45, 2.75) is 22.8 Å². The first-order valence-electron chi connectivity index (χ1n) is 5.97. The van der Waals surface area contributed by atoms with E-state index in [2.05, 4.69) is 0 Å². The van der Waals surface area contributed by atoms with Gasteiger partial charge in [-0.05, 0) is 37.3 Å². The summed E-state index contributed by atoms with van der Waals surface area (Å²) in [7, 11) is 1.66. The molecule has 2 rings (SSSR count). The SMILES string of the molecule is COc1cccc(Sc2cccc(Cl)c2)c1[C@H](C)N. The molecular weight excluding hydrogens is 278 g/mol. The van der Waals surface area contributed by atoms with Gasteiger partial charge in [-0.15, -0.1) is 0 Å². The van der Waals surface area contributed by atoms with E-state index in [1.165, 1.54) is 0 Å². The highest BCUT2D eigenvalue weighted by Gasteiger charge is 2.14. The van der Waals surface area contributed by atoms with Gasteiger partial charge in [0.25, 0.3) is 0 Å². The fraction of sp³-hybridized carbons (Fsp3) is 0.200. The molecular formula is C15H16ClNOS. The fourth-order valence-electron chi connectivity index (χ4n) is 1.90. The number of methoxy groups -OCH3 is 1. The van der Waals surface area contributed by atoms with Crippen LogP contribution < -0.4 is 10.5 Å². The number of hydrogen-bond donors (Lipinski definition) is 1. The van der Waals surface area contributed by atoms with Gasteiger partial charge in [0.1, 0.15) is 5.75 Å². The molecule has 0 radical (unpaired) electrons. The van der Waals surface area contributed by atoms with Gasteiger partial charge in [-0.1, -0.05) is 35.5 Å². The van der Waals surface area contributed by atoms with Gasteiger partial charge >= 0.3 is 0 Å². The summed E-state index contributed by atoms with van der Waals surface area (Å²) < 4.78 is 5.39. The van der Waals surface area contributed by atoms with Crippen LogP contribution in [0.3, 0.4) is 0 Å². The van der Waals surface area contributed by atoms with Gasteiger partial charge < -0.3 is 10.5 Å². The van der Waals surface area contributed by atoms with E-state index in [0.717, 1.165) is 26.1 Å². The van der Waals surface area contributed by atoms with Gasteiger partial charge in [0.15, 0.2) is 0 Å². The summed E-state index contributed by atoms with van der Waals surface area (Å²) in [5.41, 5.74) is 7.08. The first-order valence-corrected chi connectivity index (χ1v) is 7.17. The van der Waals surface area contributed by atoms with Crippen molar-refractivity contribution in [1.29, 1.82) is 0 Å². The predicted molar refractivity (Wildman–Crippen MR) is 81.2 cm³/mol. The molecule has 0 fully saturated rings. The molecule has 0 aliphatic carbocycles. The summed E-state index contributed by atoms with van der Waals surface area (Å²) in [5, 5.41) is 0.732. The van der Waals surface area contributed by atoms with E-state index in [4.69, 9.17) is 22.1 Å². The van der Waals surface area contributed by atoms with Crippen molar-refractivity contribution in [3.05, 3.63) is 53.1 Å². The van der Waals surface area contributed by atoms with Crippen LogP contribution in [-0.2, 0) is 0 Å². The number of ether oxygens (including phenoxy) is 1. The van der Waals surface area contributed by atoms with Gasteiger partial charge in [0, 0.05) is 26.4 Å². The van der Waals surface area contributed by atoms with Crippen LogP contribution in [0.2, 0.25) is 5.02 Å². The average Bonchev–Trinajstić information content (AvgIpc) is 2.38. The number of rotatable bonds is 4. The molecule has 2 nitrogen and oxygen atoms in total. The molecule has 2 N–H and O–H groups in total. The zero-order chi connectivity index (χ0) is 13.8. The topological polar surface area (TPSA) is 35.2 Å². The van der Waals surface area contributed by atoms with E-state index in [9.17, 15) is 0 Å². The molecule has 0 heterocycles. The Morgan fingerprint density at radius 3 is 2.58 bits per heavy atom. The molecule has 0 saturated heterocycles. The first-order chi connectivity index (χ1) is 9.11. The molecule has 0 unspecified atom stereocenters. The highest BCUT2D eigenvalue weighted by Crippen LogP contribution is 2.38. The molecule has 0 aromatic heterocycles. The van der Waals surface area contributed by atoms with E-state index >= 15 is 0 Å². The average molecular weight is 294 g/mol. The lowest BCUT2D eigenvalue weighted by atomic mass is 10.1. The number of benzene rings is 2. The van der Waals surface area contributed by atoms with Crippen molar-refractivity contribution in [2.75, 3.05) is 7.11 Å². The Morgan fingerprint density at radius 2 is 1.95 bits per heavy atom. The molecule has 0 saturated carbocycles. The van der Waals surface area contributed by atoms with Crippen molar-refractivity contribution >= 4 is 23.4 Å². The van der Waals surface area contributed by atoms with Crippen molar-refractivity contribution in [2.24, 2.45) is 5.73 Å². The minimum atomic E-state index is -0.0853. The summed E-state index contributed by atoms with van der Waals surface area (Å²) in [6.07, 6.45) is 0. The van der Waals surface area contributed by atoms with Crippen molar-refractivity contribution in [3.63, 3.8) is 0 Å². The molecule has 0 aliphatic rings. The van der Waals surface area contributed by atoms with Crippen LogP contribution >= 0.6 is 23.4 Å². The second-order valence-electron chi connectivity index (χ2n) is 4.22. The molecule has 2 aromatic rings. The molecule has 0 bridgehead atoms. The summed E-state index contributed by atoms with van der Waals surface area (Å²) in [6.45, 7) is 1.96. The lowest BCUT2D eigenvalue weighted by Crippen LogP contribution is -2.08. The van der Waals surface area contributed by atoms with Crippen LogP contribution in [0.4, 0.5) is 0 Å². The van der Waals surface area contributed by atoms with Gasteiger partial charge in [-0.3, -0.25) is 0 Å². The van der Waals surface area contributed by atoms with Gasteiger partial charge in [-0.25, -0.2) is 0 Å².